The quantitative estimate of drug-likeness (QED) is 0.0686. The van der Waals surface area contributed by atoms with E-state index in [1.807, 2.05) is 30.3 Å². The maximum Gasteiger partial charge on any atom is 0.323 e. The van der Waals surface area contributed by atoms with Crippen molar-refractivity contribution in [2.45, 2.75) is 20.4 Å². The highest BCUT2D eigenvalue weighted by molar-refractivity contribution is 5.99. The second kappa shape index (κ2) is 16.7. The molecule has 0 fully saturated rings. The first-order chi connectivity index (χ1) is 23.8. The molecule has 5 N–H and O–H groups in total. The van der Waals surface area contributed by atoms with Gasteiger partial charge in [0.2, 0.25) is 0 Å². The number of carbonyl (C=O) groups excluding carboxylic acids is 1. The second-order valence-corrected chi connectivity index (χ2v) is 11.4. The van der Waals surface area contributed by atoms with Crippen LogP contribution in [0.2, 0.25) is 0 Å². The van der Waals surface area contributed by atoms with Gasteiger partial charge in [0, 0.05) is 17.8 Å². The van der Waals surface area contributed by atoms with Gasteiger partial charge in [-0.25, -0.2) is 0 Å². The number of hydrogen-bond donors (Lipinski definition) is 5. The van der Waals surface area contributed by atoms with Gasteiger partial charge in [0.15, 0.2) is 5.78 Å². The fourth-order valence-corrected chi connectivity index (χ4v) is 5.23. The minimum Gasteiger partial charge on any atom is -0.488 e. The molecule has 0 atom stereocenters. The monoisotopic (exact) mass is 687 g/mol. The Labute approximate surface area is 287 Å². The van der Waals surface area contributed by atoms with Crippen molar-refractivity contribution in [2.75, 3.05) is 54.5 Å². The van der Waals surface area contributed by atoms with Crippen molar-refractivity contribution in [2.24, 2.45) is 0 Å². The third-order valence-electron chi connectivity index (χ3n) is 7.47. The number of ketones is 1. The lowest BCUT2D eigenvalue weighted by Crippen LogP contribution is -2.35. The molecule has 0 aromatic heterocycles. The van der Waals surface area contributed by atoms with E-state index in [0.717, 1.165) is 37.4 Å². The topological polar surface area (TPSA) is 203 Å². The Morgan fingerprint density at radius 2 is 1.12 bits per heavy atom. The first kappa shape index (κ1) is 36.5. The molecule has 4 aromatic rings. The highest BCUT2D eigenvalue weighted by Gasteiger charge is 2.21. The molecule has 0 saturated carbocycles. The molecular weight excluding hydrogens is 650 g/mol. The molecule has 0 radical (unpaired) electrons. The van der Waals surface area contributed by atoms with E-state index in [4.69, 9.17) is 9.47 Å². The van der Waals surface area contributed by atoms with Crippen LogP contribution in [0, 0.1) is 6.92 Å². The molecule has 0 aliphatic carbocycles. The Bertz CT molecular complexity index is 1880. The second-order valence-electron chi connectivity index (χ2n) is 11.4. The third-order valence-corrected chi connectivity index (χ3v) is 7.47. The fraction of sp³-hybridized carbons (Fsp3) is 0.250. The number of benzene rings is 4. The molecule has 0 heterocycles. The van der Waals surface area contributed by atoms with Gasteiger partial charge in [0.25, 0.3) is 0 Å². The van der Waals surface area contributed by atoms with E-state index in [0.29, 0.717) is 12.1 Å². The van der Waals surface area contributed by atoms with Gasteiger partial charge in [-0.15, -0.1) is 0 Å². The van der Waals surface area contributed by atoms with Crippen LogP contribution < -0.4 is 24.6 Å². The van der Waals surface area contributed by atoms with Crippen molar-refractivity contribution in [3.8, 4) is 11.5 Å². The van der Waals surface area contributed by atoms with Crippen LogP contribution in [0.3, 0.4) is 0 Å². The summed E-state index contributed by atoms with van der Waals surface area (Å²) in [5.74, 6) is -4.51. The smallest absolute Gasteiger partial charge is 0.323 e. The number of rotatable bonds is 19. The van der Waals surface area contributed by atoms with Crippen LogP contribution >= 0.6 is 0 Å². The van der Waals surface area contributed by atoms with Gasteiger partial charge in [0.1, 0.15) is 50.9 Å². The maximum absolute atomic E-state index is 11.7. The molecule has 262 valence electrons. The summed E-state index contributed by atoms with van der Waals surface area (Å²) in [4.78, 5) is 60.2. The van der Waals surface area contributed by atoms with Crippen molar-refractivity contribution in [3.05, 3.63) is 89.5 Å². The predicted molar refractivity (Wildman–Crippen MR) is 185 cm³/mol. The van der Waals surface area contributed by atoms with E-state index < -0.39 is 50.1 Å². The van der Waals surface area contributed by atoms with Gasteiger partial charge in [-0.3, -0.25) is 24.0 Å². The standard InChI is InChI=1S/C36H37N3O11/c1-22-3-9-29(38(18-33(41)42)19-34(43)44)31(13-22)49-11-12-50-32-14-24(4-10-30(32)39(20-35(45)46)21-36(47)48)17-37-28-8-7-26-15-25(23(2)40)5-6-27(26)16-28/h3-10,13-16,37H,11-12,17-21H2,1-2H3,(H,41,42)(H,43,44)(H,45,46)(H,47,48). The predicted octanol–water partition coefficient (Wildman–Crippen LogP) is 4.37. The zero-order valence-corrected chi connectivity index (χ0v) is 27.4. The number of carboxylic acids is 4. The van der Waals surface area contributed by atoms with E-state index in [1.54, 1.807) is 49.4 Å². The van der Waals surface area contributed by atoms with Gasteiger partial charge in [0.05, 0.1) is 11.4 Å². The summed E-state index contributed by atoms with van der Waals surface area (Å²) in [5.41, 5.74) is 3.44. The van der Waals surface area contributed by atoms with Crippen molar-refractivity contribution >= 4 is 57.5 Å². The van der Waals surface area contributed by atoms with Crippen LogP contribution in [0.1, 0.15) is 28.4 Å². The molecule has 0 saturated heterocycles. The van der Waals surface area contributed by atoms with E-state index in [1.165, 1.54) is 6.92 Å². The largest absolute Gasteiger partial charge is 0.488 e. The first-order valence-corrected chi connectivity index (χ1v) is 15.4. The lowest BCUT2D eigenvalue weighted by atomic mass is 10.0. The van der Waals surface area contributed by atoms with Crippen LogP contribution in [0.4, 0.5) is 17.1 Å². The summed E-state index contributed by atoms with van der Waals surface area (Å²) in [6, 6.07) is 21.1. The Morgan fingerprint density at radius 3 is 1.66 bits per heavy atom. The Morgan fingerprint density at radius 1 is 0.620 bits per heavy atom. The Hall–Kier alpha value is -6.31. The summed E-state index contributed by atoms with van der Waals surface area (Å²) in [6.45, 7) is 1.12. The van der Waals surface area contributed by atoms with Gasteiger partial charge >= 0.3 is 23.9 Å². The number of carboxylic acid groups (broad SMARTS) is 4. The van der Waals surface area contributed by atoms with Crippen LogP contribution in [-0.2, 0) is 25.7 Å². The normalized spacial score (nSPS) is 10.7. The lowest BCUT2D eigenvalue weighted by Gasteiger charge is -2.25. The van der Waals surface area contributed by atoms with Crippen molar-refractivity contribution < 1.29 is 53.9 Å². The summed E-state index contributed by atoms with van der Waals surface area (Å²) in [7, 11) is 0. The number of fused-ring (bicyclic) bond motifs is 1. The number of aryl methyl sites for hydroxylation is 1. The fourth-order valence-electron chi connectivity index (χ4n) is 5.23. The Balaban J connectivity index is 1.54. The number of nitrogens with zero attached hydrogens (tertiary/aromatic N) is 2. The molecule has 0 bridgehead atoms. The third kappa shape index (κ3) is 10.3. The van der Waals surface area contributed by atoms with Gasteiger partial charge in [-0.1, -0.05) is 30.3 Å². The van der Waals surface area contributed by atoms with E-state index in [-0.39, 0.29) is 41.9 Å². The minimum absolute atomic E-state index is 0.0227. The molecule has 0 aliphatic rings. The molecule has 0 aliphatic heterocycles. The highest BCUT2D eigenvalue weighted by Crippen LogP contribution is 2.32. The summed E-state index contributed by atoms with van der Waals surface area (Å²) in [5, 5.41) is 42.8. The number of carbonyl (C=O) groups is 5. The molecule has 4 rings (SSSR count). The average molecular weight is 688 g/mol. The van der Waals surface area contributed by atoms with Crippen molar-refractivity contribution in [1.82, 2.24) is 0 Å². The van der Waals surface area contributed by atoms with Crippen LogP contribution in [0.25, 0.3) is 10.8 Å². The first-order valence-electron chi connectivity index (χ1n) is 15.4. The minimum atomic E-state index is -1.24. The summed E-state index contributed by atoms with van der Waals surface area (Å²) >= 11 is 0. The van der Waals surface area contributed by atoms with Gasteiger partial charge in [-0.2, -0.15) is 0 Å². The highest BCUT2D eigenvalue weighted by atomic mass is 16.5. The molecular formula is C36H37N3O11. The molecule has 14 nitrogen and oxygen atoms in total. The SMILES string of the molecule is CC(=O)c1ccc2cc(NCc3ccc(N(CC(=O)O)CC(=O)O)c(OCCOc4cc(C)ccc4N(CC(=O)O)CC(=O)O)c3)ccc2c1. The van der Waals surface area contributed by atoms with E-state index in [9.17, 15) is 44.4 Å². The lowest BCUT2D eigenvalue weighted by molar-refractivity contribution is -0.138. The van der Waals surface area contributed by atoms with Crippen LogP contribution in [0.15, 0.2) is 72.8 Å². The van der Waals surface area contributed by atoms with Gasteiger partial charge in [-0.05, 0) is 78.2 Å². The van der Waals surface area contributed by atoms with Gasteiger partial charge < -0.3 is 45.0 Å². The number of aliphatic carboxylic acids is 4. The molecule has 0 unspecified atom stereocenters. The molecule has 50 heavy (non-hydrogen) atoms. The number of Topliss-reactive ketones (excluding diaryl/α,β-unsaturated/α-hetero) is 1. The average Bonchev–Trinajstić information content (AvgIpc) is 3.04. The van der Waals surface area contributed by atoms with Crippen molar-refractivity contribution in [1.29, 1.82) is 0 Å². The summed E-state index contributed by atoms with van der Waals surface area (Å²) < 4.78 is 12.0. The summed E-state index contributed by atoms with van der Waals surface area (Å²) in [6.07, 6.45) is 0. The number of ether oxygens (including phenoxy) is 2. The Kier molecular flexibility index (Phi) is 12.2. The van der Waals surface area contributed by atoms with Crippen LogP contribution in [0.5, 0.6) is 11.5 Å². The zero-order chi connectivity index (χ0) is 36.4. The number of anilines is 3. The molecule has 4 aromatic carbocycles. The maximum atomic E-state index is 11.7. The van der Waals surface area contributed by atoms with Crippen molar-refractivity contribution in [3.63, 3.8) is 0 Å². The number of nitrogens with one attached hydrogen (secondary N) is 1. The van der Waals surface area contributed by atoms with Crippen LogP contribution in [-0.4, -0.2) is 89.5 Å². The number of hydrogen-bond acceptors (Lipinski definition) is 10. The van der Waals surface area contributed by atoms with E-state index >= 15 is 0 Å². The zero-order valence-electron chi connectivity index (χ0n) is 27.4. The molecule has 0 amide bonds. The van der Waals surface area contributed by atoms with E-state index in [2.05, 4.69) is 5.32 Å². The molecule has 0 spiro atoms. The molecule has 14 heteroatoms.